The number of aromatic nitrogens is 8. The van der Waals surface area contributed by atoms with Gasteiger partial charge in [0.25, 0.3) is 5.91 Å². The first-order valence-corrected chi connectivity index (χ1v) is 42.1. The molecule has 1 atom stereocenters. The number of oxazole rings is 1. The zero-order valence-corrected chi connectivity index (χ0v) is 70.4. The second-order valence-electron chi connectivity index (χ2n) is 35.7. The number of ether oxygens (including phenoxy) is 7. The van der Waals surface area contributed by atoms with Crippen molar-refractivity contribution in [1.82, 2.24) is 45.2 Å². The van der Waals surface area contributed by atoms with Crippen LogP contribution in [-0.4, -0.2) is 150 Å². The molecule has 10 aromatic rings. The quantitative estimate of drug-likeness (QED) is 0.0313. The lowest BCUT2D eigenvalue weighted by atomic mass is 9.38. The van der Waals surface area contributed by atoms with Crippen molar-refractivity contribution in [3.63, 3.8) is 0 Å². The van der Waals surface area contributed by atoms with E-state index in [0.29, 0.717) is 81.7 Å². The highest BCUT2D eigenvalue weighted by atomic mass is 35.5. The molecule has 1 saturated heterocycles. The molecule has 640 valence electrons. The van der Waals surface area contributed by atoms with Gasteiger partial charge in [-0.15, -0.1) is 0 Å². The van der Waals surface area contributed by atoms with Crippen molar-refractivity contribution < 1.29 is 70.3 Å². The van der Waals surface area contributed by atoms with Gasteiger partial charge in [-0.2, -0.15) is 9.65 Å². The lowest BCUT2D eigenvalue weighted by Gasteiger charge is -2.71. The second-order valence-corrected chi connectivity index (χ2v) is 36.5. The summed E-state index contributed by atoms with van der Waals surface area (Å²) in [6.07, 6.45) is 27.9. The van der Waals surface area contributed by atoms with Crippen LogP contribution in [0, 0.1) is 59.6 Å². The maximum atomic E-state index is 13.8. The van der Waals surface area contributed by atoms with E-state index in [1.54, 1.807) is 98.8 Å². The first kappa shape index (κ1) is 84.0. The van der Waals surface area contributed by atoms with Gasteiger partial charge in [-0.05, 0) is 227 Å². The summed E-state index contributed by atoms with van der Waals surface area (Å²) in [6.45, 7) is 9.92. The Morgan fingerprint density at radius 3 is 1.47 bits per heavy atom. The molecule has 27 nitrogen and oxygen atoms in total. The second kappa shape index (κ2) is 33.8. The lowest BCUT2D eigenvalue weighted by Crippen LogP contribution is -2.75. The van der Waals surface area contributed by atoms with Crippen LogP contribution in [0.4, 0.5) is 32.1 Å². The summed E-state index contributed by atoms with van der Waals surface area (Å²) in [6, 6.07) is 33.0. The molecule has 0 radical (unpaired) electrons. The zero-order chi connectivity index (χ0) is 86.3. The van der Waals surface area contributed by atoms with Gasteiger partial charge in [0.15, 0.2) is 40.3 Å². The van der Waals surface area contributed by atoms with Crippen molar-refractivity contribution in [2.75, 3.05) is 73.6 Å². The number of nitrogens with zero attached hydrogens (tertiary/aromatic N) is 10. The van der Waals surface area contributed by atoms with E-state index in [4.69, 9.17) is 71.0 Å². The van der Waals surface area contributed by atoms with E-state index in [9.17, 15) is 32.8 Å². The van der Waals surface area contributed by atoms with E-state index in [2.05, 4.69) is 61.1 Å². The summed E-state index contributed by atoms with van der Waals surface area (Å²) < 4.78 is 70.7. The smallest absolute Gasteiger partial charge is 0.404 e. The van der Waals surface area contributed by atoms with E-state index < -0.39 is 6.04 Å². The highest BCUT2D eigenvalue weighted by Crippen LogP contribution is 2.72. The Bertz CT molecular complexity index is 5720. The molecule has 0 spiro atoms. The molecule has 1 unspecified atom stereocenters. The molecule has 4 N–H and O–H groups in total. The number of nitriles is 1. The molecule has 12 aliphatic carbocycles. The van der Waals surface area contributed by atoms with Gasteiger partial charge < -0.3 is 63.7 Å². The molecule has 14 aliphatic rings. The summed E-state index contributed by atoms with van der Waals surface area (Å²) in [5.41, 5.74) is 5.17. The third kappa shape index (κ3) is 18.8. The monoisotopic (exact) mass is 1720 g/mol. The molecule has 12 saturated carbocycles. The van der Waals surface area contributed by atoms with Gasteiger partial charge >= 0.3 is 6.04 Å². The van der Waals surface area contributed by atoms with Crippen molar-refractivity contribution in [3.8, 4) is 63.3 Å². The van der Waals surface area contributed by atoms with Gasteiger partial charge in [0.2, 0.25) is 11.7 Å². The van der Waals surface area contributed by atoms with Crippen LogP contribution in [0.5, 0.6) is 34.5 Å². The molecule has 31 heteroatoms. The number of fused-ring (bicyclic) bond motifs is 1. The van der Waals surface area contributed by atoms with Gasteiger partial charge in [0, 0.05) is 107 Å². The van der Waals surface area contributed by atoms with Crippen molar-refractivity contribution in [1.29, 1.82) is 5.26 Å². The Balaban J connectivity index is 0.000000118. The van der Waals surface area contributed by atoms with E-state index in [1.165, 1.54) is 31.5 Å². The first-order valence-electron chi connectivity index (χ1n) is 41.4. The summed E-state index contributed by atoms with van der Waals surface area (Å²) in [4.78, 5) is 99.2. The maximum Gasteiger partial charge on any atom is 0.404 e. The molecule has 5 aromatic carbocycles. The molecular weight excluding hydrogens is 1630 g/mol. The van der Waals surface area contributed by atoms with E-state index >= 15 is 0 Å². The molecule has 7 heterocycles. The number of anilines is 4. The standard InChI is InChI=1S/C26H23FN2O6.C24H23FN4O2.C23H27ClN4O3.C20H19ClN4O2/c1-24(27)34-19-8-7-18(9-20(19)35-24)32-12-17(30)10-25-13-26(14-25,15-25)29-22(31)21-11-28-23(33-21)16-5-3-2-4-6-16;1-16-7-19(4-5-20(16)25)31-12-18(30)8-23-13-24(14-23,15-23)29-22-11-27-10-21(28-22)17-3-2-6-26-9-17;1-16-8-18(2-3-19(16)24)31-12-17(29)9-22-13-23(14-22,15-22)27-20-10-25-11-21(26-20)28-4-6-30-7-5-28;1-13-4-16(2-3-17(13)21)27-9-15(26)5-19-10-20(11-19,12-19)25-18-8-23-7-14(6-22)24-18/h2-9,11H,10,12-15H2,1H3,(H,29,31);2-7,9-11H,8,12-15H2,1H3,(H,28,29);2-3,8,10-11H,4-7,9,12-15H2,1H3,(H,26,27);2-4,7-8H,5,9-12H2,1H3,(H,24,25). The van der Waals surface area contributed by atoms with Crippen molar-refractivity contribution in [3.05, 3.63) is 215 Å². The van der Waals surface area contributed by atoms with E-state index in [0.717, 1.165) is 149 Å². The third-order valence-electron chi connectivity index (χ3n) is 24.9. The number of amides is 1. The van der Waals surface area contributed by atoms with Gasteiger partial charge in [0.1, 0.15) is 84.6 Å². The Hall–Kier alpha value is -12.3. The van der Waals surface area contributed by atoms with Gasteiger partial charge in [0.05, 0.1) is 62.3 Å². The van der Waals surface area contributed by atoms with Gasteiger partial charge in [-0.3, -0.25) is 43.9 Å². The van der Waals surface area contributed by atoms with Gasteiger partial charge in [-0.25, -0.2) is 24.3 Å². The SMILES string of the molecule is CC1(F)Oc2ccc(OCC(=O)CC34CC(NC(=O)c5cnc(-c6ccccc6)o5)(C3)C4)cc2O1.Cc1cc(OCC(=O)CC23CC(Nc4cncc(-c5cccnc5)n4)(C2)C3)ccc1F.Cc1cc(OCC(=O)CC23CC(Nc4cncc(C#N)n4)(C2)C3)ccc1Cl.Cc1cc(OCC(=O)CC23CC(Nc4cncc(N5CCOCC5)n4)(C2)C3)ccc1Cl. The van der Waals surface area contributed by atoms with Gasteiger partial charge in [-0.1, -0.05) is 41.4 Å². The predicted molar refractivity (Wildman–Crippen MR) is 455 cm³/mol. The Morgan fingerprint density at radius 2 is 0.960 bits per heavy atom. The number of morpholine rings is 1. The van der Waals surface area contributed by atoms with Crippen LogP contribution in [0.1, 0.15) is 143 Å². The third-order valence-corrected chi connectivity index (χ3v) is 25.8. The normalized spacial score (nSPS) is 25.7. The fourth-order valence-corrected chi connectivity index (χ4v) is 20.4. The van der Waals surface area contributed by atoms with Crippen molar-refractivity contribution >= 4 is 75.5 Å². The number of halogens is 4. The van der Waals surface area contributed by atoms with Crippen LogP contribution in [-0.2, 0) is 23.9 Å². The number of alkyl halides is 1. The molecule has 124 heavy (non-hydrogen) atoms. The zero-order valence-electron chi connectivity index (χ0n) is 68.9. The summed E-state index contributed by atoms with van der Waals surface area (Å²) >= 11 is 12.0. The molecular formula is C93H92Cl2F2N14O13. The van der Waals surface area contributed by atoms with E-state index in [1.807, 2.05) is 74.5 Å². The average Bonchev–Trinajstić information content (AvgIpc) is 0.740. The minimum absolute atomic E-state index is 0.00279. The number of pyridine rings is 1. The predicted octanol–water partition coefficient (Wildman–Crippen LogP) is 16.1. The summed E-state index contributed by atoms with van der Waals surface area (Å²) in [5, 5.41) is 23.8. The summed E-state index contributed by atoms with van der Waals surface area (Å²) in [7, 11) is 0. The fraction of sp³-hybridized carbons (Fsp3) is 0.398. The van der Waals surface area contributed by atoms with Crippen LogP contribution in [0.3, 0.4) is 0 Å². The van der Waals surface area contributed by atoms with Crippen molar-refractivity contribution in [2.24, 2.45) is 21.7 Å². The molecule has 2 aliphatic heterocycles. The molecule has 24 rings (SSSR count). The highest BCUT2D eigenvalue weighted by Gasteiger charge is 2.71. The molecule has 5 aromatic heterocycles. The minimum Gasteiger partial charge on any atom is -0.486 e. The first-order chi connectivity index (χ1) is 59.5. The number of Topliss-reactive ketones (excluding diaryl/α,β-unsaturated/α-hetero) is 4. The number of carbonyl (C=O) groups excluding carboxylic acids is 5. The summed E-state index contributed by atoms with van der Waals surface area (Å²) in [5.74, 6) is 6.17. The number of hydrogen-bond acceptors (Lipinski definition) is 26. The number of hydrogen-bond donors (Lipinski definition) is 4. The highest BCUT2D eigenvalue weighted by molar-refractivity contribution is 6.31. The lowest BCUT2D eigenvalue weighted by molar-refractivity contribution is -0.173. The molecule has 13 fully saturated rings. The Labute approximate surface area is 724 Å². The average molecular weight is 1720 g/mol. The minimum atomic E-state index is -2.20. The van der Waals surface area contributed by atoms with Crippen molar-refractivity contribution in [2.45, 2.75) is 159 Å². The maximum absolute atomic E-state index is 13.8. The number of carbonyl (C=O) groups is 5. The molecule has 8 bridgehead atoms. The van der Waals surface area contributed by atoms with E-state index in [-0.39, 0.29) is 122 Å². The van der Waals surface area contributed by atoms with Crippen LogP contribution < -0.4 is 54.6 Å². The number of rotatable bonds is 31. The number of nitrogens with one attached hydrogen (secondary N) is 4. The number of benzene rings is 5. The van der Waals surface area contributed by atoms with Crippen LogP contribution in [0.2, 0.25) is 10.0 Å². The number of ketones is 4. The van der Waals surface area contributed by atoms with Crippen LogP contribution >= 0.6 is 23.2 Å². The Morgan fingerprint density at radius 1 is 0.500 bits per heavy atom. The Kier molecular flexibility index (Phi) is 22.9. The van der Waals surface area contributed by atoms with Crippen LogP contribution in [0.15, 0.2) is 175 Å². The van der Waals surface area contributed by atoms with Crippen LogP contribution in [0.25, 0.3) is 22.7 Å². The molecule has 1 amide bonds. The largest absolute Gasteiger partial charge is 0.486 e. The topological polar surface area (TPSA) is 341 Å². The number of aryl methyl sites for hydroxylation is 3. The fourth-order valence-electron chi connectivity index (χ4n) is 20.2.